The number of anilines is 2. The highest BCUT2D eigenvalue weighted by atomic mass is 35.5. The van der Waals surface area contributed by atoms with Crippen LogP contribution in [0.25, 0.3) is 0 Å². The van der Waals surface area contributed by atoms with Crippen molar-refractivity contribution in [3.05, 3.63) is 46.6 Å². The zero-order chi connectivity index (χ0) is 15.8. The molecule has 1 aromatic heterocycles. The van der Waals surface area contributed by atoms with Gasteiger partial charge >= 0.3 is 0 Å². The summed E-state index contributed by atoms with van der Waals surface area (Å²) in [6.07, 6.45) is 1.20. The predicted molar refractivity (Wildman–Crippen MR) is 85.2 cm³/mol. The Bertz CT molecular complexity index is 791. The largest absolute Gasteiger partial charge is 0.382 e. The lowest BCUT2D eigenvalue weighted by Gasteiger charge is -2.21. The van der Waals surface area contributed by atoms with Gasteiger partial charge in [0.25, 0.3) is 10.0 Å². The molecule has 5 nitrogen and oxygen atoms in total. The van der Waals surface area contributed by atoms with Crippen LogP contribution in [0.5, 0.6) is 0 Å². The summed E-state index contributed by atoms with van der Waals surface area (Å²) >= 11 is 5.85. The van der Waals surface area contributed by atoms with Gasteiger partial charge in [0, 0.05) is 13.2 Å². The SMILES string of the molecule is Cc1ccc(N(C)S(=O)(=O)c2cnc(N)c(Cl)c2)c(C)c1. The summed E-state index contributed by atoms with van der Waals surface area (Å²) in [6.45, 7) is 3.82. The number of sulfonamides is 1. The van der Waals surface area contributed by atoms with Gasteiger partial charge < -0.3 is 5.73 Å². The van der Waals surface area contributed by atoms with Gasteiger partial charge in [0.1, 0.15) is 10.7 Å². The third-order valence-corrected chi connectivity index (χ3v) is 5.23. The van der Waals surface area contributed by atoms with Crippen LogP contribution in [0.3, 0.4) is 0 Å². The van der Waals surface area contributed by atoms with E-state index in [1.807, 2.05) is 26.0 Å². The van der Waals surface area contributed by atoms with Gasteiger partial charge in [-0.25, -0.2) is 13.4 Å². The van der Waals surface area contributed by atoms with Crippen molar-refractivity contribution in [1.29, 1.82) is 0 Å². The molecule has 0 spiro atoms. The lowest BCUT2D eigenvalue weighted by molar-refractivity contribution is 0.594. The van der Waals surface area contributed by atoms with Crippen molar-refractivity contribution < 1.29 is 8.42 Å². The normalized spacial score (nSPS) is 11.4. The van der Waals surface area contributed by atoms with Gasteiger partial charge in [-0.1, -0.05) is 29.3 Å². The van der Waals surface area contributed by atoms with E-state index < -0.39 is 10.0 Å². The van der Waals surface area contributed by atoms with E-state index >= 15 is 0 Å². The van der Waals surface area contributed by atoms with E-state index in [2.05, 4.69) is 4.98 Å². The number of aromatic nitrogens is 1. The van der Waals surface area contributed by atoms with Crippen molar-refractivity contribution in [3.8, 4) is 0 Å². The van der Waals surface area contributed by atoms with Crippen molar-refractivity contribution in [2.24, 2.45) is 0 Å². The second-order valence-corrected chi connectivity index (χ2v) is 7.18. The Balaban J connectivity index is 2.49. The summed E-state index contributed by atoms with van der Waals surface area (Å²) in [5.41, 5.74) is 8.05. The fourth-order valence-corrected chi connectivity index (χ4v) is 3.48. The van der Waals surface area contributed by atoms with Gasteiger partial charge in [-0.15, -0.1) is 0 Å². The van der Waals surface area contributed by atoms with Crippen LogP contribution in [0.4, 0.5) is 11.5 Å². The van der Waals surface area contributed by atoms with Crippen molar-refractivity contribution in [2.45, 2.75) is 18.7 Å². The number of pyridine rings is 1. The lowest BCUT2D eigenvalue weighted by Crippen LogP contribution is -2.27. The minimum atomic E-state index is -3.74. The fourth-order valence-electron chi connectivity index (χ4n) is 2.02. The molecule has 0 aliphatic carbocycles. The monoisotopic (exact) mass is 325 g/mol. The van der Waals surface area contributed by atoms with Crippen LogP contribution in [0, 0.1) is 13.8 Å². The molecule has 7 heteroatoms. The van der Waals surface area contributed by atoms with Gasteiger partial charge in [0.15, 0.2) is 0 Å². The van der Waals surface area contributed by atoms with E-state index in [9.17, 15) is 8.42 Å². The first-order valence-corrected chi connectivity index (χ1v) is 8.02. The molecule has 0 bridgehead atoms. The molecule has 2 N–H and O–H groups in total. The Morgan fingerprint density at radius 2 is 1.90 bits per heavy atom. The van der Waals surface area contributed by atoms with Crippen LogP contribution in [0.1, 0.15) is 11.1 Å². The molecule has 0 aliphatic rings. The van der Waals surface area contributed by atoms with Crippen LogP contribution >= 0.6 is 11.6 Å². The molecule has 0 saturated heterocycles. The van der Waals surface area contributed by atoms with Crippen LogP contribution in [-0.4, -0.2) is 20.4 Å². The maximum absolute atomic E-state index is 12.6. The van der Waals surface area contributed by atoms with Gasteiger partial charge in [-0.2, -0.15) is 0 Å². The van der Waals surface area contributed by atoms with Crippen LogP contribution in [-0.2, 0) is 10.0 Å². The first-order chi connectivity index (χ1) is 9.73. The highest BCUT2D eigenvalue weighted by molar-refractivity contribution is 7.92. The molecule has 112 valence electrons. The second kappa shape index (κ2) is 5.54. The molecule has 0 fully saturated rings. The van der Waals surface area contributed by atoms with Gasteiger partial charge in [0.2, 0.25) is 0 Å². The number of aryl methyl sites for hydroxylation is 2. The Morgan fingerprint density at radius 3 is 2.48 bits per heavy atom. The highest BCUT2D eigenvalue weighted by Crippen LogP contribution is 2.27. The second-order valence-electron chi connectivity index (χ2n) is 4.80. The number of hydrogen-bond acceptors (Lipinski definition) is 4. The molecule has 2 aromatic rings. The fraction of sp³-hybridized carbons (Fsp3) is 0.214. The van der Waals surface area contributed by atoms with Crippen LogP contribution in [0.2, 0.25) is 5.02 Å². The summed E-state index contributed by atoms with van der Waals surface area (Å²) in [5, 5.41) is 0.116. The molecule has 21 heavy (non-hydrogen) atoms. The van der Waals surface area contributed by atoms with E-state index in [4.69, 9.17) is 17.3 Å². The van der Waals surface area contributed by atoms with Crippen LogP contribution in [0.15, 0.2) is 35.4 Å². The van der Waals surface area contributed by atoms with Crippen molar-refractivity contribution in [3.63, 3.8) is 0 Å². The van der Waals surface area contributed by atoms with Gasteiger partial charge in [0.05, 0.1) is 10.7 Å². The van der Waals surface area contributed by atoms with E-state index in [1.165, 1.54) is 23.6 Å². The Morgan fingerprint density at radius 1 is 1.24 bits per heavy atom. The molecule has 0 aliphatic heterocycles. The smallest absolute Gasteiger partial charge is 0.265 e. The number of hydrogen-bond donors (Lipinski definition) is 1. The van der Waals surface area contributed by atoms with Crippen molar-refractivity contribution >= 4 is 33.1 Å². The average Bonchev–Trinajstić information content (AvgIpc) is 2.41. The minimum Gasteiger partial charge on any atom is -0.382 e. The first-order valence-electron chi connectivity index (χ1n) is 6.20. The molecule has 1 heterocycles. The van der Waals surface area contributed by atoms with Gasteiger partial charge in [-0.3, -0.25) is 4.31 Å². The number of benzene rings is 1. The predicted octanol–water partition coefficient (Wildman–Crippen LogP) is 2.76. The first kappa shape index (κ1) is 15.6. The molecular formula is C14H16ClN3O2S. The van der Waals surface area contributed by atoms with E-state index in [1.54, 1.807) is 6.07 Å². The standard InChI is InChI=1S/C14H16ClN3O2S/c1-9-4-5-13(10(2)6-9)18(3)21(19,20)11-7-12(15)14(16)17-8-11/h4-8H,1-3H3,(H2,16,17). The lowest BCUT2D eigenvalue weighted by atomic mass is 10.1. The van der Waals surface area contributed by atoms with Crippen molar-refractivity contribution in [1.82, 2.24) is 4.98 Å². The summed E-state index contributed by atoms with van der Waals surface area (Å²) in [6, 6.07) is 6.87. The Kier molecular flexibility index (Phi) is 4.11. The Hall–Kier alpha value is -1.79. The number of nitrogens with two attached hydrogens (primary N) is 1. The summed E-state index contributed by atoms with van der Waals surface area (Å²) in [5.74, 6) is 0.102. The summed E-state index contributed by atoms with van der Waals surface area (Å²) in [7, 11) is -2.24. The molecule has 2 rings (SSSR count). The number of nitrogens with zero attached hydrogens (tertiary/aromatic N) is 2. The summed E-state index contributed by atoms with van der Waals surface area (Å²) < 4.78 is 26.5. The topological polar surface area (TPSA) is 76.3 Å². The quantitative estimate of drug-likeness (QED) is 0.941. The van der Waals surface area contributed by atoms with E-state index in [-0.39, 0.29) is 15.7 Å². The highest BCUT2D eigenvalue weighted by Gasteiger charge is 2.23. The third kappa shape index (κ3) is 2.96. The zero-order valence-corrected chi connectivity index (χ0v) is 13.5. The number of rotatable bonds is 3. The number of nitrogen functional groups attached to an aromatic ring is 1. The Labute approximate surface area is 129 Å². The molecule has 0 unspecified atom stereocenters. The third-order valence-electron chi connectivity index (χ3n) is 3.19. The molecule has 0 radical (unpaired) electrons. The number of halogens is 1. The van der Waals surface area contributed by atoms with E-state index in [0.29, 0.717) is 5.69 Å². The molecular weight excluding hydrogens is 310 g/mol. The van der Waals surface area contributed by atoms with Crippen LogP contribution < -0.4 is 10.0 Å². The zero-order valence-electron chi connectivity index (χ0n) is 12.0. The molecule has 0 atom stereocenters. The van der Waals surface area contributed by atoms with E-state index in [0.717, 1.165) is 11.1 Å². The molecule has 0 amide bonds. The van der Waals surface area contributed by atoms with Crippen molar-refractivity contribution in [2.75, 3.05) is 17.1 Å². The molecule has 1 aromatic carbocycles. The average molecular weight is 326 g/mol. The van der Waals surface area contributed by atoms with Gasteiger partial charge in [-0.05, 0) is 31.5 Å². The molecule has 0 saturated carbocycles. The maximum atomic E-state index is 12.6. The minimum absolute atomic E-state index is 0.00387. The maximum Gasteiger partial charge on any atom is 0.265 e. The summed E-state index contributed by atoms with van der Waals surface area (Å²) in [4.78, 5) is 3.80.